The molecule has 78 valence electrons. The summed E-state index contributed by atoms with van der Waals surface area (Å²) in [6.07, 6.45) is 1.67. The third kappa shape index (κ3) is 1.58. The van der Waals surface area contributed by atoms with Crippen LogP contribution in [0.2, 0.25) is 0 Å². The largest absolute Gasteiger partial charge is 0.550 e. The molecule has 0 fully saturated rings. The summed E-state index contributed by atoms with van der Waals surface area (Å²) >= 11 is 0. The third-order valence-corrected chi connectivity index (χ3v) is 2.64. The number of aryl methyl sites for hydroxylation is 2. The van der Waals surface area contributed by atoms with Crippen LogP contribution in [-0.4, -0.2) is 16.2 Å². The second kappa shape index (κ2) is 3.38. The number of rotatable bonds is 2. The first kappa shape index (κ1) is 9.71. The van der Waals surface area contributed by atoms with Crippen LogP contribution < -0.4 is 5.11 Å². The molecule has 0 aliphatic rings. The molecule has 1 aromatic heterocycles. The number of carboxylic acid groups (broad SMARTS) is 1. The fourth-order valence-electron chi connectivity index (χ4n) is 1.82. The van der Waals surface area contributed by atoms with Crippen LogP contribution in [0.5, 0.6) is 0 Å². The quantitative estimate of drug-likeness (QED) is 0.771. The van der Waals surface area contributed by atoms with Crippen molar-refractivity contribution in [2.75, 3.05) is 0 Å². The highest BCUT2D eigenvalue weighted by atomic mass is 16.4. The Kier molecular flexibility index (Phi) is 2.19. The first-order chi connectivity index (χ1) is 7.09. The number of benzene rings is 1. The second-order valence-electron chi connectivity index (χ2n) is 3.69. The van der Waals surface area contributed by atoms with Gasteiger partial charge in [-0.3, -0.25) is 5.10 Å². The number of H-pyrrole nitrogens is 1. The molecule has 0 saturated heterocycles. The van der Waals surface area contributed by atoms with Gasteiger partial charge in [-0.25, -0.2) is 0 Å². The molecule has 1 N–H and O–H groups in total. The van der Waals surface area contributed by atoms with Crippen molar-refractivity contribution in [3.63, 3.8) is 0 Å². The monoisotopic (exact) mass is 203 g/mol. The molecule has 4 heteroatoms. The van der Waals surface area contributed by atoms with Gasteiger partial charge in [-0.2, -0.15) is 5.10 Å². The first-order valence-corrected chi connectivity index (χ1v) is 4.71. The smallest absolute Gasteiger partial charge is 0.0682 e. The number of carbonyl (C=O) groups excluding carboxylic acids is 1. The maximum Gasteiger partial charge on any atom is 0.0682 e. The fraction of sp³-hybridized carbons (Fsp3) is 0.273. The van der Waals surface area contributed by atoms with E-state index in [9.17, 15) is 9.90 Å². The number of fused-ring (bicyclic) bond motifs is 1. The Morgan fingerprint density at radius 3 is 2.93 bits per heavy atom. The van der Waals surface area contributed by atoms with Crippen LogP contribution in [-0.2, 0) is 11.2 Å². The van der Waals surface area contributed by atoms with Crippen LogP contribution in [0.25, 0.3) is 10.9 Å². The Balaban J connectivity index is 2.65. The molecule has 1 heterocycles. The van der Waals surface area contributed by atoms with E-state index in [0.717, 1.165) is 27.6 Å². The summed E-state index contributed by atoms with van der Waals surface area (Å²) in [6.45, 7) is 3.83. The van der Waals surface area contributed by atoms with E-state index in [1.807, 2.05) is 19.9 Å². The van der Waals surface area contributed by atoms with Gasteiger partial charge in [0.1, 0.15) is 0 Å². The molecule has 4 nitrogen and oxygen atoms in total. The first-order valence-electron chi connectivity index (χ1n) is 4.71. The molecule has 0 spiro atoms. The number of hydrogen-bond donors (Lipinski definition) is 1. The van der Waals surface area contributed by atoms with Gasteiger partial charge in [0.25, 0.3) is 0 Å². The molecule has 1 aromatic carbocycles. The summed E-state index contributed by atoms with van der Waals surface area (Å²) in [6, 6.07) is 1.87. The van der Waals surface area contributed by atoms with Crippen molar-refractivity contribution in [1.82, 2.24) is 10.2 Å². The maximum atomic E-state index is 10.6. The second-order valence-corrected chi connectivity index (χ2v) is 3.69. The van der Waals surface area contributed by atoms with Crippen molar-refractivity contribution in [2.45, 2.75) is 20.3 Å². The summed E-state index contributed by atoms with van der Waals surface area (Å²) in [7, 11) is 0. The third-order valence-electron chi connectivity index (χ3n) is 2.64. The Morgan fingerprint density at radius 1 is 1.53 bits per heavy atom. The average molecular weight is 203 g/mol. The Labute approximate surface area is 86.9 Å². The topological polar surface area (TPSA) is 68.8 Å². The molecule has 0 amide bonds. The number of aromatic amines is 1. The Morgan fingerprint density at radius 2 is 2.27 bits per heavy atom. The fourth-order valence-corrected chi connectivity index (χ4v) is 1.82. The predicted molar refractivity (Wildman–Crippen MR) is 54.3 cm³/mol. The Bertz CT molecular complexity index is 529. The van der Waals surface area contributed by atoms with E-state index in [-0.39, 0.29) is 6.42 Å². The normalized spacial score (nSPS) is 10.8. The van der Waals surface area contributed by atoms with Crippen LogP contribution in [0.1, 0.15) is 16.7 Å². The van der Waals surface area contributed by atoms with Gasteiger partial charge in [0.05, 0.1) is 11.7 Å². The molecule has 0 aliphatic carbocycles. The number of nitrogens with zero attached hydrogens (tertiary/aromatic N) is 1. The zero-order valence-corrected chi connectivity index (χ0v) is 8.63. The number of aromatic nitrogens is 2. The molecule has 0 saturated carbocycles. The van der Waals surface area contributed by atoms with Gasteiger partial charge in [-0.05, 0) is 30.5 Å². The van der Waals surface area contributed by atoms with Gasteiger partial charge in [0.15, 0.2) is 0 Å². The lowest BCUT2D eigenvalue weighted by atomic mass is 9.99. The summed E-state index contributed by atoms with van der Waals surface area (Å²) < 4.78 is 0. The lowest BCUT2D eigenvalue weighted by molar-refractivity contribution is -0.304. The van der Waals surface area contributed by atoms with Gasteiger partial charge in [0, 0.05) is 17.8 Å². The summed E-state index contributed by atoms with van der Waals surface area (Å²) in [5.41, 5.74) is 3.72. The molecule has 0 atom stereocenters. The van der Waals surface area contributed by atoms with Gasteiger partial charge >= 0.3 is 0 Å². The van der Waals surface area contributed by atoms with Gasteiger partial charge in [0.2, 0.25) is 0 Å². The number of aliphatic carboxylic acids is 1. The SMILES string of the molecule is Cc1c(CC(=O)[O-])cc(C)c2[nH]ncc12. The van der Waals surface area contributed by atoms with Crippen LogP contribution in [0.4, 0.5) is 0 Å². The highest BCUT2D eigenvalue weighted by Crippen LogP contribution is 2.23. The minimum absolute atomic E-state index is 0.0478. The summed E-state index contributed by atoms with van der Waals surface area (Å²) in [5, 5.41) is 18.4. The molecule has 0 unspecified atom stereocenters. The van der Waals surface area contributed by atoms with Crippen LogP contribution in [0, 0.1) is 13.8 Å². The van der Waals surface area contributed by atoms with Gasteiger partial charge in [-0.15, -0.1) is 0 Å². The summed E-state index contributed by atoms with van der Waals surface area (Å²) in [5.74, 6) is -1.06. The standard InChI is InChI=1S/C11H12N2O2/c1-6-3-8(4-10(14)15)7(2)9-5-12-13-11(6)9/h3,5H,4H2,1-2H3,(H,12,13)(H,14,15)/p-1. The van der Waals surface area contributed by atoms with Gasteiger partial charge in [-0.1, -0.05) is 6.07 Å². The molecule has 2 aromatic rings. The van der Waals surface area contributed by atoms with E-state index in [4.69, 9.17) is 0 Å². The number of carbonyl (C=O) groups is 1. The highest BCUT2D eigenvalue weighted by molar-refractivity contribution is 5.86. The van der Waals surface area contributed by atoms with Crippen molar-refractivity contribution < 1.29 is 9.90 Å². The van der Waals surface area contributed by atoms with E-state index in [1.54, 1.807) is 6.20 Å². The van der Waals surface area contributed by atoms with Gasteiger partial charge < -0.3 is 9.90 Å². The number of nitrogens with one attached hydrogen (secondary N) is 1. The van der Waals surface area contributed by atoms with E-state index < -0.39 is 5.97 Å². The van der Waals surface area contributed by atoms with Crippen molar-refractivity contribution in [3.8, 4) is 0 Å². The number of hydrogen-bond acceptors (Lipinski definition) is 3. The minimum Gasteiger partial charge on any atom is -0.550 e. The maximum absolute atomic E-state index is 10.6. The van der Waals surface area contributed by atoms with Crippen molar-refractivity contribution >= 4 is 16.9 Å². The van der Waals surface area contributed by atoms with E-state index in [1.165, 1.54) is 0 Å². The van der Waals surface area contributed by atoms with Crippen LogP contribution >= 0.6 is 0 Å². The molecule has 0 bridgehead atoms. The highest BCUT2D eigenvalue weighted by Gasteiger charge is 2.08. The number of carboxylic acids is 1. The molecule has 15 heavy (non-hydrogen) atoms. The van der Waals surface area contributed by atoms with E-state index >= 15 is 0 Å². The molecule has 0 aliphatic heterocycles. The predicted octanol–water partition coefficient (Wildman–Crippen LogP) is 0.472. The lowest BCUT2D eigenvalue weighted by Gasteiger charge is -2.09. The van der Waals surface area contributed by atoms with E-state index in [0.29, 0.717) is 0 Å². The molecular weight excluding hydrogens is 192 g/mol. The molecule has 2 rings (SSSR count). The zero-order chi connectivity index (χ0) is 11.0. The lowest BCUT2D eigenvalue weighted by Crippen LogP contribution is -2.24. The van der Waals surface area contributed by atoms with Crippen LogP contribution in [0.3, 0.4) is 0 Å². The molecule has 0 radical (unpaired) electrons. The average Bonchev–Trinajstić information content (AvgIpc) is 2.61. The summed E-state index contributed by atoms with van der Waals surface area (Å²) in [4.78, 5) is 10.6. The van der Waals surface area contributed by atoms with Crippen molar-refractivity contribution in [2.24, 2.45) is 0 Å². The minimum atomic E-state index is -1.06. The van der Waals surface area contributed by atoms with Crippen LogP contribution in [0.15, 0.2) is 12.3 Å². The molecular formula is C11H11N2O2-. The zero-order valence-electron chi connectivity index (χ0n) is 8.63. The van der Waals surface area contributed by atoms with Crippen molar-refractivity contribution in [1.29, 1.82) is 0 Å². The van der Waals surface area contributed by atoms with Crippen molar-refractivity contribution in [3.05, 3.63) is 29.0 Å². The van der Waals surface area contributed by atoms with E-state index in [2.05, 4.69) is 10.2 Å². The Hall–Kier alpha value is -1.84.